The largest absolute Gasteiger partial charge is 0.311 e. The van der Waals surface area contributed by atoms with Crippen LogP contribution in [0.2, 0.25) is 0 Å². The molecule has 9 rings (SSSR count). The maximum absolute atomic E-state index is 4.84. The summed E-state index contributed by atoms with van der Waals surface area (Å²) in [6.07, 6.45) is 4.12. The fourth-order valence-corrected chi connectivity index (χ4v) is 7.67. The molecule has 0 amide bonds. The van der Waals surface area contributed by atoms with Crippen LogP contribution in [0.1, 0.15) is 5.56 Å². The van der Waals surface area contributed by atoms with E-state index >= 15 is 0 Å². The van der Waals surface area contributed by atoms with Crippen LogP contribution >= 0.6 is 11.3 Å². The molecule has 0 aliphatic carbocycles. The molecule has 0 unspecified atom stereocenters. The maximum Gasteiger partial charge on any atom is 0.137 e. The third kappa shape index (κ3) is 5.76. The molecule has 0 atom stereocenters. The fourth-order valence-electron chi connectivity index (χ4n) is 6.61. The predicted molar refractivity (Wildman–Crippen MR) is 212 cm³/mol. The van der Waals surface area contributed by atoms with Gasteiger partial charge in [-0.1, -0.05) is 115 Å². The number of anilines is 3. The normalized spacial score (nSPS) is 11.3. The molecule has 3 aromatic heterocycles. The van der Waals surface area contributed by atoms with E-state index in [2.05, 4.69) is 174 Å². The lowest BCUT2D eigenvalue weighted by atomic mass is 9.99. The molecule has 0 spiro atoms. The van der Waals surface area contributed by atoms with Crippen molar-refractivity contribution in [2.24, 2.45) is 0 Å². The topological polar surface area (TPSA) is 20.5 Å². The maximum atomic E-state index is 4.84. The van der Waals surface area contributed by atoms with Gasteiger partial charge in [-0.25, -0.2) is 4.98 Å². The predicted octanol–water partition coefficient (Wildman–Crippen LogP) is 13.0. The highest BCUT2D eigenvalue weighted by Gasteiger charge is 2.15. The molecule has 3 heterocycles. The minimum Gasteiger partial charge on any atom is -0.311 e. The molecular formula is C46H33N3S. The van der Waals surface area contributed by atoms with E-state index in [1.807, 2.05) is 35.7 Å². The second kappa shape index (κ2) is 12.7. The minimum absolute atomic E-state index is 0.941. The first-order valence-electron chi connectivity index (χ1n) is 16.9. The Morgan fingerprint density at radius 2 is 1.00 bits per heavy atom. The van der Waals surface area contributed by atoms with Crippen LogP contribution in [0.5, 0.6) is 0 Å². The molecule has 0 aliphatic rings. The SMILES string of the molecule is Cc1ccc(-c2ccc(-c3ccc(N(c4ccc(-c5cn6ccccc6n5)cc4)c4ccc(-c5cc6ccccc6s5)cc4)cc3)cc2)cc1. The van der Waals surface area contributed by atoms with E-state index in [1.165, 1.54) is 48.3 Å². The summed E-state index contributed by atoms with van der Waals surface area (Å²) in [5.41, 5.74) is 13.6. The van der Waals surface area contributed by atoms with E-state index in [0.717, 1.165) is 34.0 Å². The Kier molecular flexibility index (Phi) is 7.57. The van der Waals surface area contributed by atoms with Gasteiger partial charge < -0.3 is 9.30 Å². The molecule has 0 saturated carbocycles. The zero-order valence-electron chi connectivity index (χ0n) is 27.6. The van der Waals surface area contributed by atoms with Crippen LogP contribution in [0.15, 0.2) is 182 Å². The van der Waals surface area contributed by atoms with Gasteiger partial charge in [0.2, 0.25) is 0 Å². The number of nitrogens with zero attached hydrogens (tertiary/aromatic N) is 3. The summed E-state index contributed by atoms with van der Waals surface area (Å²) in [7, 11) is 0. The van der Waals surface area contributed by atoms with Crippen LogP contribution in [-0.2, 0) is 0 Å². The van der Waals surface area contributed by atoms with Crippen LogP contribution in [0.4, 0.5) is 17.1 Å². The summed E-state index contributed by atoms with van der Waals surface area (Å²) in [5, 5.41) is 1.29. The third-order valence-corrected chi connectivity index (χ3v) is 10.5. The van der Waals surface area contributed by atoms with Crippen molar-refractivity contribution in [3.05, 3.63) is 188 Å². The average Bonchev–Trinajstić information content (AvgIpc) is 3.82. The van der Waals surface area contributed by atoms with Crippen LogP contribution in [0.25, 0.3) is 59.7 Å². The average molecular weight is 660 g/mol. The summed E-state index contributed by atoms with van der Waals surface area (Å²) in [6, 6.07) is 61.0. The Bertz CT molecular complexity index is 2380. The van der Waals surface area contributed by atoms with E-state index in [0.29, 0.717) is 0 Å². The van der Waals surface area contributed by atoms with Crippen molar-refractivity contribution >= 4 is 44.1 Å². The monoisotopic (exact) mass is 659 g/mol. The molecule has 9 aromatic rings. The van der Waals surface area contributed by atoms with Gasteiger partial charge in [-0.05, 0) is 101 Å². The minimum atomic E-state index is 0.941. The van der Waals surface area contributed by atoms with Crippen LogP contribution in [0, 0.1) is 6.92 Å². The Morgan fingerprint density at radius 3 is 1.58 bits per heavy atom. The zero-order chi connectivity index (χ0) is 33.4. The highest BCUT2D eigenvalue weighted by molar-refractivity contribution is 7.22. The number of hydrogen-bond acceptors (Lipinski definition) is 3. The molecule has 0 bridgehead atoms. The number of fused-ring (bicyclic) bond motifs is 2. The first kappa shape index (κ1) is 29.9. The number of imidazole rings is 1. The molecular weight excluding hydrogens is 627 g/mol. The lowest BCUT2D eigenvalue weighted by Crippen LogP contribution is -2.09. The molecule has 4 heteroatoms. The fraction of sp³-hybridized carbons (Fsp3) is 0.0217. The van der Waals surface area contributed by atoms with Crippen molar-refractivity contribution < 1.29 is 0 Å². The van der Waals surface area contributed by atoms with Gasteiger partial charge in [-0.15, -0.1) is 11.3 Å². The van der Waals surface area contributed by atoms with Crippen molar-refractivity contribution in [2.75, 3.05) is 4.90 Å². The first-order chi connectivity index (χ1) is 24.6. The standard InChI is InChI=1S/C46H33N3S/c1-32-9-11-33(12-10-32)34-13-15-35(16-14-34)36-17-23-40(24-18-36)49(41-25-19-37(20-26-41)43-31-48-29-5-4-8-46(48)47-43)42-27-21-38(22-28-42)45-30-39-6-2-3-7-44(39)50-45/h2-31H,1H3. The van der Waals surface area contributed by atoms with Gasteiger partial charge in [0.1, 0.15) is 5.65 Å². The number of aromatic nitrogens is 2. The summed E-state index contributed by atoms with van der Waals surface area (Å²) >= 11 is 1.84. The second-order valence-corrected chi connectivity index (χ2v) is 13.7. The quantitative estimate of drug-likeness (QED) is 0.170. The smallest absolute Gasteiger partial charge is 0.137 e. The van der Waals surface area contributed by atoms with Crippen molar-refractivity contribution in [3.8, 4) is 44.0 Å². The number of aryl methyl sites for hydroxylation is 1. The van der Waals surface area contributed by atoms with E-state index < -0.39 is 0 Å². The highest BCUT2D eigenvalue weighted by atomic mass is 32.1. The molecule has 3 nitrogen and oxygen atoms in total. The van der Waals surface area contributed by atoms with Gasteiger partial charge in [0.15, 0.2) is 0 Å². The van der Waals surface area contributed by atoms with Gasteiger partial charge in [0, 0.05) is 44.6 Å². The van der Waals surface area contributed by atoms with Crippen molar-refractivity contribution in [1.82, 2.24) is 9.38 Å². The number of benzene rings is 6. The second-order valence-electron chi connectivity index (χ2n) is 12.7. The molecule has 0 fully saturated rings. The number of pyridine rings is 1. The van der Waals surface area contributed by atoms with Crippen molar-refractivity contribution in [2.45, 2.75) is 6.92 Å². The van der Waals surface area contributed by atoms with Gasteiger partial charge in [-0.3, -0.25) is 0 Å². The van der Waals surface area contributed by atoms with Gasteiger partial charge in [0.05, 0.1) is 5.69 Å². The van der Waals surface area contributed by atoms with E-state index in [1.54, 1.807) is 0 Å². The molecule has 0 saturated heterocycles. The summed E-state index contributed by atoms with van der Waals surface area (Å²) in [4.78, 5) is 8.45. The van der Waals surface area contributed by atoms with Crippen LogP contribution < -0.4 is 4.90 Å². The summed E-state index contributed by atoms with van der Waals surface area (Å²) in [5.74, 6) is 0. The van der Waals surface area contributed by atoms with Crippen molar-refractivity contribution in [3.63, 3.8) is 0 Å². The molecule has 6 aromatic carbocycles. The van der Waals surface area contributed by atoms with Gasteiger partial charge in [-0.2, -0.15) is 0 Å². The van der Waals surface area contributed by atoms with Crippen LogP contribution in [0.3, 0.4) is 0 Å². The Labute approximate surface area is 296 Å². The summed E-state index contributed by atoms with van der Waals surface area (Å²) < 4.78 is 3.37. The first-order valence-corrected chi connectivity index (χ1v) is 17.7. The zero-order valence-corrected chi connectivity index (χ0v) is 28.4. The van der Waals surface area contributed by atoms with E-state index in [-0.39, 0.29) is 0 Å². The Balaban J connectivity index is 1.05. The van der Waals surface area contributed by atoms with Crippen molar-refractivity contribution in [1.29, 1.82) is 0 Å². The lowest BCUT2D eigenvalue weighted by Gasteiger charge is -2.26. The van der Waals surface area contributed by atoms with E-state index in [4.69, 9.17) is 4.98 Å². The highest BCUT2D eigenvalue weighted by Crippen LogP contribution is 2.39. The number of hydrogen-bond donors (Lipinski definition) is 0. The number of rotatable bonds is 7. The number of thiophene rings is 1. The van der Waals surface area contributed by atoms with Gasteiger partial charge >= 0.3 is 0 Å². The van der Waals surface area contributed by atoms with E-state index in [9.17, 15) is 0 Å². The Morgan fingerprint density at radius 1 is 0.500 bits per heavy atom. The van der Waals surface area contributed by atoms with Gasteiger partial charge in [0.25, 0.3) is 0 Å². The lowest BCUT2D eigenvalue weighted by molar-refractivity contribution is 1.19. The third-order valence-electron chi connectivity index (χ3n) is 9.35. The summed E-state index contributed by atoms with van der Waals surface area (Å²) in [6.45, 7) is 2.12. The molecule has 0 aliphatic heterocycles. The molecule has 0 N–H and O–H groups in total. The molecule has 50 heavy (non-hydrogen) atoms. The molecule has 238 valence electrons. The van der Waals surface area contributed by atoms with Crippen LogP contribution in [-0.4, -0.2) is 9.38 Å². The Hall–Kier alpha value is -6.23. The molecule has 0 radical (unpaired) electrons.